The Morgan fingerprint density at radius 2 is 1.84 bits per heavy atom. The first kappa shape index (κ1) is 16.8. The van der Waals surface area contributed by atoms with Crippen molar-refractivity contribution in [1.29, 1.82) is 0 Å². The minimum atomic E-state index is -0.361. The molecule has 1 saturated heterocycles. The number of piperazine rings is 1. The van der Waals surface area contributed by atoms with Gasteiger partial charge >= 0.3 is 0 Å². The minimum absolute atomic E-state index is 0.0981. The van der Waals surface area contributed by atoms with Crippen LogP contribution >= 0.6 is 0 Å². The van der Waals surface area contributed by atoms with E-state index in [9.17, 15) is 14.0 Å². The zero-order chi connectivity index (χ0) is 17.6. The van der Waals surface area contributed by atoms with E-state index in [0.717, 1.165) is 6.41 Å². The van der Waals surface area contributed by atoms with Crippen LogP contribution in [-0.2, 0) is 11.3 Å². The van der Waals surface area contributed by atoms with Crippen LogP contribution < -0.4 is 10.2 Å². The molecule has 0 spiro atoms. The summed E-state index contributed by atoms with van der Waals surface area (Å²) >= 11 is 0. The fourth-order valence-electron chi connectivity index (χ4n) is 2.55. The highest BCUT2D eigenvalue weighted by atomic mass is 19.1. The molecule has 2 heterocycles. The van der Waals surface area contributed by atoms with E-state index in [0.29, 0.717) is 43.3 Å². The lowest BCUT2D eigenvalue weighted by Crippen LogP contribution is -2.46. The second-order valence-corrected chi connectivity index (χ2v) is 5.67. The van der Waals surface area contributed by atoms with Crippen LogP contribution in [0.15, 0.2) is 36.7 Å². The number of carbonyl (C=O) groups excluding carboxylic acids is 2. The quantitative estimate of drug-likeness (QED) is 0.814. The van der Waals surface area contributed by atoms with Gasteiger partial charge in [-0.3, -0.25) is 9.59 Å². The molecule has 7 nitrogen and oxygen atoms in total. The fraction of sp³-hybridized carbons (Fsp3) is 0.294. The molecule has 2 amide bonds. The molecular formula is C17H18FN5O2. The fourth-order valence-corrected chi connectivity index (χ4v) is 2.55. The first-order valence-electron chi connectivity index (χ1n) is 7.95. The molecule has 2 aromatic rings. The summed E-state index contributed by atoms with van der Waals surface area (Å²) in [7, 11) is 0. The Labute approximate surface area is 144 Å². The van der Waals surface area contributed by atoms with E-state index in [2.05, 4.69) is 15.3 Å². The van der Waals surface area contributed by atoms with E-state index >= 15 is 0 Å². The number of hydrogen-bond acceptors (Lipinski definition) is 5. The summed E-state index contributed by atoms with van der Waals surface area (Å²) < 4.78 is 13.5. The topological polar surface area (TPSA) is 78.4 Å². The van der Waals surface area contributed by atoms with Gasteiger partial charge in [0.2, 0.25) is 12.4 Å². The van der Waals surface area contributed by atoms with Crippen molar-refractivity contribution >= 4 is 18.3 Å². The SMILES string of the molecule is O=CN1CCN(c2ncc(C(=O)NCc3ccccc3F)cn2)CC1. The number of rotatable bonds is 5. The van der Waals surface area contributed by atoms with E-state index in [-0.39, 0.29) is 18.3 Å². The van der Waals surface area contributed by atoms with E-state index < -0.39 is 0 Å². The maximum absolute atomic E-state index is 13.5. The van der Waals surface area contributed by atoms with Crippen LogP contribution in [0.2, 0.25) is 0 Å². The van der Waals surface area contributed by atoms with Gasteiger partial charge in [-0.2, -0.15) is 0 Å². The summed E-state index contributed by atoms with van der Waals surface area (Å²) in [5.41, 5.74) is 0.730. The molecule has 1 fully saturated rings. The molecule has 1 aromatic carbocycles. The maximum Gasteiger partial charge on any atom is 0.254 e. The lowest BCUT2D eigenvalue weighted by Gasteiger charge is -2.32. The number of benzene rings is 1. The number of hydrogen-bond donors (Lipinski definition) is 1. The van der Waals surface area contributed by atoms with Crippen LogP contribution in [0.3, 0.4) is 0 Å². The summed E-state index contributed by atoms with van der Waals surface area (Å²) in [4.78, 5) is 34.9. The van der Waals surface area contributed by atoms with Crippen molar-refractivity contribution in [1.82, 2.24) is 20.2 Å². The molecule has 0 aliphatic carbocycles. The Bertz CT molecular complexity index is 745. The summed E-state index contributed by atoms with van der Waals surface area (Å²) in [6, 6.07) is 6.28. The van der Waals surface area contributed by atoms with Gasteiger partial charge < -0.3 is 15.1 Å². The molecule has 130 valence electrons. The molecule has 25 heavy (non-hydrogen) atoms. The van der Waals surface area contributed by atoms with Gasteiger partial charge in [0.05, 0.1) is 5.56 Å². The Balaban J connectivity index is 1.57. The highest BCUT2D eigenvalue weighted by Gasteiger charge is 2.18. The lowest BCUT2D eigenvalue weighted by atomic mass is 10.2. The Morgan fingerprint density at radius 3 is 2.48 bits per heavy atom. The van der Waals surface area contributed by atoms with Crippen molar-refractivity contribution in [3.8, 4) is 0 Å². The van der Waals surface area contributed by atoms with Crippen LogP contribution in [0.25, 0.3) is 0 Å². The van der Waals surface area contributed by atoms with Gasteiger partial charge in [0, 0.05) is 50.7 Å². The minimum Gasteiger partial charge on any atom is -0.348 e. The van der Waals surface area contributed by atoms with Crippen molar-refractivity contribution < 1.29 is 14.0 Å². The van der Waals surface area contributed by atoms with Crippen LogP contribution in [0.1, 0.15) is 15.9 Å². The molecule has 1 aliphatic rings. The van der Waals surface area contributed by atoms with Gasteiger partial charge in [0.15, 0.2) is 0 Å². The normalized spacial score (nSPS) is 14.3. The van der Waals surface area contributed by atoms with E-state index in [4.69, 9.17) is 0 Å². The number of halogens is 1. The van der Waals surface area contributed by atoms with Crippen LogP contribution in [0.5, 0.6) is 0 Å². The standard InChI is InChI=1S/C17H18FN5O2/c18-15-4-2-1-3-13(15)9-19-16(25)14-10-20-17(21-11-14)23-7-5-22(12-24)6-8-23/h1-4,10-12H,5-9H2,(H,19,25). The summed E-state index contributed by atoms with van der Waals surface area (Å²) in [6.45, 7) is 2.64. The third-order valence-electron chi connectivity index (χ3n) is 4.04. The second-order valence-electron chi connectivity index (χ2n) is 5.67. The molecule has 0 radical (unpaired) electrons. The molecule has 1 aliphatic heterocycles. The molecular weight excluding hydrogens is 325 g/mol. The molecule has 1 aromatic heterocycles. The average molecular weight is 343 g/mol. The third kappa shape index (κ3) is 4.09. The first-order valence-corrected chi connectivity index (χ1v) is 7.95. The predicted octanol–water partition coefficient (Wildman–Crippen LogP) is 0.824. The molecule has 0 bridgehead atoms. The predicted molar refractivity (Wildman–Crippen MR) is 89.5 cm³/mol. The molecule has 1 N–H and O–H groups in total. The summed E-state index contributed by atoms with van der Waals surface area (Å²) in [6.07, 6.45) is 3.73. The Hall–Kier alpha value is -3.03. The molecule has 0 saturated carbocycles. The summed E-state index contributed by atoms with van der Waals surface area (Å²) in [5, 5.41) is 2.65. The lowest BCUT2D eigenvalue weighted by molar-refractivity contribution is -0.118. The Kier molecular flexibility index (Phi) is 5.17. The smallest absolute Gasteiger partial charge is 0.254 e. The molecule has 8 heteroatoms. The van der Waals surface area contributed by atoms with Gasteiger partial charge in [0.1, 0.15) is 5.82 Å². The van der Waals surface area contributed by atoms with Gasteiger partial charge in [-0.15, -0.1) is 0 Å². The van der Waals surface area contributed by atoms with Gasteiger partial charge in [-0.1, -0.05) is 18.2 Å². The van der Waals surface area contributed by atoms with Crippen molar-refractivity contribution in [2.45, 2.75) is 6.54 Å². The number of carbonyl (C=O) groups is 2. The first-order chi connectivity index (χ1) is 12.2. The summed E-state index contributed by atoms with van der Waals surface area (Å²) in [5.74, 6) is -0.194. The monoisotopic (exact) mass is 343 g/mol. The zero-order valence-electron chi connectivity index (χ0n) is 13.6. The van der Waals surface area contributed by atoms with Crippen molar-refractivity contribution in [3.63, 3.8) is 0 Å². The average Bonchev–Trinajstić information content (AvgIpc) is 2.67. The number of anilines is 1. The number of amides is 2. The number of aromatic nitrogens is 2. The van der Waals surface area contributed by atoms with Crippen LogP contribution in [-0.4, -0.2) is 53.4 Å². The molecule has 3 rings (SSSR count). The van der Waals surface area contributed by atoms with Gasteiger partial charge in [-0.05, 0) is 6.07 Å². The van der Waals surface area contributed by atoms with Crippen molar-refractivity contribution in [2.24, 2.45) is 0 Å². The third-order valence-corrected chi connectivity index (χ3v) is 4.04. The van der Waals surface area contributed by atoms with E-state index in [1.807, 2.05) is 4.90 Å². The van der Waals surface area contributed by atoms with Crippen molar-refractivity contribution in [3.05, 3.63) is 53.6 Å². The second kappa shape index (κ2) is 7.69. The van der Waals surface area contributed by atoms with Gasteiger partial charge in [-0.25, -0.2) is 14.4 Å². The number of nitrogens with zero attached hydrogens (tertiary/aromatic N) is 4. The van der Waals surface area contributed by atoms with Gasteiger partial charge in [0.25, 0.3) is 5.91 Å². The number of nitrogens with one attached hydrogen (secondary N) is 1. The van der Waals surface area contributed by atoms with Crippen LogP contribution in [0, 0.1) is 5.82 Å². The highest BCUT2D eigenvalue weighted by Crippen LogP contribution is 2.11. The van der Waals surface area contributed by atoms with Crippen molar-refractivity contribution in [2.75, 3.05) is 31.1 Å². The van der Waals surface area contributed by atoms with E-state index in [1.165, 1.54) is 18.5 Å². The molecule has 0 unspecified atom stereocenters. The largest absolute Gasteiger partial charge is 0.348 e. The maximum atomic E-state index is 13.5. The molecule has 0 atom stereocenters. The zero-order valence-corrected chi connectivity index (χ0v) is 13.6. The highest BCUT2D eigenvalue weighted by molar-refractivity contribution is 5.93. The van der Waals surface area contributed by atoms with Crippen LogP contribution in [0.4, 0.5) is 10.3 Å². The Morgan fingerprint density at radius 1 is 1.16 bits per heavy atom. The van der Waals surface area contributed by atoms with E-state index in [1.54, 1.807) is 23.1 Å².